The second-order valence-electron chi connectivity index (χ2n) is 9.17. The van der Waals surface area contributed by atoms with Gasteiger partial charge >= 0.3 is 5.97 Å². The number of nitrogens with zero attached hydrogens (tertiary/aromatic N) is 2. The van der Waals surface area contributed by atoms with Crippen molar-refractivity contribution in [3.63, 3.8) is 0 Å². The van der Waals surface area contributed by atoms with Gasteiger partial charge in [0, 0.05) is 30.8 Å². The molecule has 1 aromatic rings. The van der Waals surface area contributed by atoms with E-state index in [2.05, 4.69) is 17.6 Å². The number of carbonyl (C=O) groups is 3. The molecule has 37 heavy (non-hydrogen) atoms. The summed E-state index contributed by atoms with van der Waals surface area (Å²) < 4.78 is 5.34. The highest BCUT2D eigenvalue weighted by molar-refractivity contribution is 7.80. The lowest BCUT2D eigenvalue weighted by Gasteiger charge is -2.36. The van der Waals surface area contributed by atoms with E-state index in [0.717, 1.165) is 25.3 Å². The first kappa shape index (κ1) is 30.1. The quantitative estimate of drug-likeness (QED) is 0.112. The Morgan fingerprint density at radius 3 is 2.43 bits per heavy atom. The number of benzene rings is 1. The van der Waals surface area contributed by atoms with Crippen LogP contribution in [0, 0.1) is 10.1 Å². The average molecular weight is 535 g/mol. The molecule has 2 rings (SSSR count). The molecule has 1 atom stereocenters. The number of ether oxygens (including phenoxy) is 1. The molecule has 0 aromatic heterocycles. The number of hydrogen-bond donors (Lipinski definition) is 2. The van der Waals surface area contributed by atoms with Crippen molar-refractivity contribution in [3.05, 3.63) is 39.9 Å². The van der Waals surface area contributed by atoms with Crippen LogP contribution in [0.25, 0.3) is 0 Å². The van der Waals surface area contributed by atoms with E-state index < -0.39 is 22.8 Å². The fourth-order valence-electron chi connectivity index (χ4n) is 4.15. The number of unbranched alkanes of at least 4 members (excludes halogenated alkanes) is 9. The molecule has 1 saturated heterocycles. The van der Waals surface area contributed by atoms with Gasteiger partial charge in [-0.15, -0.1) is 0 Å². The molecule has 2 N–H and O–H groups in total. The van der Waals surface area contributed by atoms with Crippen LogP contribution >= 0.6 is 12.2 Å². The zero-order valence-corrected chi connectivity index (χ0v) is 22.4. The molecule has 1 aliphatic heterocycles. The number of nitro benzene ring substituents is 1. The summed E-state index contributed by atoms with van der Waals surface area (Å²) in [4.78, 5) is 49.3. The summed E-state index contributed by atoms with van der Waals surface area (Å²) in [6, 6.07) is 4.34. The monoisotopic (exact) mass is 534 g/mol. The van der Waals surface area contributed by atoms with Crippen LogP contribution in [0.3, 0.4) is 0 Å². The van der Waals surface area contributed by atoms with E-state index in [0.29, 0.717) is 19.7 Å². The van der Waals surface area contributed by atoms with Gasteiger partial charge in [0.05, 0.1) is 18.0 Å². The van der Waals surface area contributed by atoms with Crippen LogP contribution in [0.4, 0.5) is 5.69 Å². The van der Waals surface area contributed by atoms with Gasteiger partial charge in [0.25, 0.3) is 11.6 Å². The van der Waals surface area contributed by atoms with Gasteiger partial charge in [0.2, 0.25) is 5.91 Å². The van der Waals surface area contributed by atoms with Gasteiger partial charge in [-0.05, 0) is 24.7 Å². The molecule has 0 spiro atoms. The molecule has 11 heteroatoms. The lowest BCUT2D eigenvalue weighted by molar-refractivity contribution is -0.384. The smallest absolute Gasteiger partial charge is 0.308 e. The van der Waals surface area contributed by atoms with Crippen molar-refractivity contribution in [3.8, 4) is 0 Å². The number of rotatable bonds is 15. The Balaban J connectivity index is 1.75. The van der Waals surface area contributed by atoms with Crippen LogP contribution in [0.1, 0.15) is 87.9 Å². The van der Waals surface area contributed by atoms with Crippen LogP contribution in [0.2, 0.25) is 0 Å². The Hall–Kier alpha value is -3.08. The molecule has 204 valence electrons. The molecular weight excluding hydrogens is 496 g/mol. The van der Waals surface area contributed by atoms with Crippen LogP contribution in [0.5, 0.6) is 0 Å². The molecule has 1 aliphatic rings. The van der Waals surface area contributed by atoms with Gasteiger partial charge in [0.1, 0.15) is 6.04 Å². The maximum absolute atomic E-state index is 12.6. The van der Waals surface area contributed by atoms with E-state index >= 15 is 0 Å². The maximum Gasteiger partial charge on any atom is 0.308 e. The SMILES string of the molecule is CCCCCCCCCCCCOC(=O)CC1C(=O)NCCN1C(=S)NC(=O)c1cccc([N+](=O)[O-])c1. The highest BCUT2D eigenvalue weighted by atomic mass is 32.1. The first-order valence-corrected chi connectivity index (χ1v) is 13.5. The second-order valence-corrected chi connectivity index (χ2v) is 9.56. The summed E-state index contributed by atoms with van der Waals surface area (Å²) >= 11 is 5.33. The molecule has 0 saturated carbocycles. The number of amides is 2. The van der Waals surface area contributed by atoms with Crippen LogP contribution in [0.15, 0.2) is 24.3 Å². The molecule has 0 radical (unpaired) electrons. The Kier molecular flexibility index (Phi) is 13.5. The maximum atomic E-state index is 12.6. The third-order valence-electron chi connectivity index (χ3n) is 6.25. The molecule has 0 bridgehead atoms. The third kappa shape index (κ3) is 10.8. The largest absolute Gasteiger partial charge is 0.466 e. The highest BCUT2D eigenvalue weighted by Crippen LogP contribution is 2.15. The molecule has 10 nitrogen and oxygen atoms in total. The summed E-state index contributed by atoms with van der Waals surface area (Å²) in [6.45, 7) is 3.12. The van der Waals surface area contributed by atoms with Crippen LogP contribution in [-0.2, 0) is 14.3 Å². The number of thiocarbonyl (C=S) groups is 1. The molecule has 1 unspecified atom stereocenters. The van der Waals surface area contributed by atoms with Gasteiger partial charge in [-0.25, -0.2) is 0 Å². The summed E-state index contributed by atoms with van der Waals surface area (Å²) in [5.74, 6) is -1.52. The molecule has 1 heterocycles. The number of nitro groups is 1. The van der Waals surface area contributed by atoms with Gasteiger partial charge in [-0.1, -0.05) is 70.8 Å². The van der Waals surface area contributed by atoms with E-state index in [1.54, 1.807) is 0 Å². The van der Waals surface area contributed by atoms with Crippen molar-refractivity contribution < 1.29 is 24.0 Å². The Morgan fingerprint density at radius 2 is 1.78 bits per heavy atom. The van der Waals surface area contributed by atoms with E-state index in [9.17, 15) is 24.5 Å². The summed E-state index contributed by atoms with van der Waals surface area (Å²) in [6.07, 6.45) is 11.6. The summed E-state index contributed by atoms with van der Waals surface area (Å²) in [5, 5.41) is 16.2. The van der Waals surface area contributed by atoms with E-state index in [4.69, 9.17) is 17.0 Å². The zero-order valence-electron chi connectivity index (χ0n) is 21.5. The van der Waals surface area contributed by atoms with E-state index in [1.165, 1.54) is 68.0 Å². The van der Waals surface area contributed by atoms with E-state index in [1.807, 2.05) is 0 Å². The van der Waals surface area contributed by atoms with Crippen molar-refractivity contribution in [1.29, 1.82) is 0 Å². The van der Waals surface area contributed by atoms with Gasteiger partial charge in [0.15, 0.2) is 5.11 Å². The predicted octanol–water partition coefficient (Wildman–Crippen LogP) is 4.26. The van der Waals surface area contributed by atoms with Gasteiger partial charge < -0.3 is 15.0 Å². The Bertz CT molecular complexity index is 941. The number of hydrogen-bond acceptors (Lipinski definition) is 7. The Labute approximate surface area is 223 Å². The zero-order chi connectivity index (χ0) is 27.0. The second kappa shape index (κ2) is 16.6. The van der Waals surface area contributed by atoms with Gasteiger partial charge in [-0.2, -0.15) is 0 Å². The van der Waals surface area contributed by atoms with Crippen molar-refractivity contribution in [2.45, 2.75) is 83.6 Å². The number of esters is 1. The van der Waals surface area contributed by atoms with Crippen LogP contribution in [-0.4, -0.2) is 58.5 Å². The number of carbonyl (C=O) groups excluding carboxylic acids is 3. The van der Waals surface area contributed by atoms with Gasteiger partial charge in [-0.3, -0.25) is 29.8 Å². The predicted molar refractivity (Wildman–Crippen MR) is 144 cm³/mol. The fourth-order valence-corrected chi connectivity index (χ4v) is 4.47. The number of piperazine rings is 1. The average Bonchev–Trinajstić information content (AvgIpc) is 2.88. The van der Waals surface area contributed by atoms with E-state index in [-0.39, 0.29) is 28.7 Å². The van der Waals surface area contributed by atoms with Crippen molar-refractivity contribution in [1.82, 2.24) is 15.5 Å². The first-order valence-electron chi connectivity index (χ1n) is 13.1. The van der Waals surface area contributed by atoms with Crippen molar-refractivity contribution >= 4 is 40.8 Å². The fraction of sp³-hybridized carbons (Fsp3) is 0.615. The number of non-ortho nitro benzene ring substituents is 1. The Morgan fingerprint density at radius 1 is 1.14 bits per heavy atom. The highest BCUT2D eigenvalue weighted by Gasteiger charge is 2.34. The molecule has 2 amide bonds. The topological polar surface area (TPSA) is 131 Å². The minimum Gasteiger partial charge on any atom is -0.466 e. The van der Waals surface area contributed by atoms with Crippen LogP contribution < -0.4 is 10.6 Å². The minimum absolute atomic E-state index is 0.0288. The minimum atomic E-state index is -0.910. The first-order chi connectivity index (χ1) is 17.8. The summed E-state index contributed by atoms with van der Waals surface area (Å²) in [5.41, 5.74) is -0.163. The third-order valence-corrected chi connectivity index (χ3v) is 6.59. The standard InChI is InChI=1S/C26H38N4O6S/c1-2-3-4-5-6-7-8-9-10-11-17-36-23(31)19-22-25(33)27-15-16-29(22)26(37)28-24(32)20-13-12-14-21(18-20)30(34)35/h12-14,18,22H,2-11,15-17,19H2,1H3,(H,27,33)(H,28,32,37). The molecule has 1 fully saturated rings. The molecular formula is C26H38N4O6S. The van der Waals surface area contributed by atoms with Crippen molar-refractivity contribution in [2.24, 2.45) is 0 Å². The molecule has 1 aromatic carbocycles. The molecule has 0 aliphatic carbocycles. The lowest BCUT2D eigenvalue weighted by Crippen LogP contribution is -2.60. The van der Waals surface area contributed by atoms with Crippen molar-refractivity contribution in [2.75, 3.05) is 19.7 Å². The normalized spacial score (nSPS) is 15.1. The summed E-state index contributed by atoms with van der Waals surface area (Å²) in [7, 11) is 0. The lowest BCUT2D eigenvalue weighted by atomic mass is 10.1. The number of nitrogens with one attached hydrogen (secondary N) is 2.